The zero-order chi connectivity index (χ0) is 23.2. The maximum absolute atomic E-state index is 13.2. The summed E-state index contributed by atoms with van der Waals surface area (Å²) in [6.07, 6.45) is 3.16. The van der Waals surface area contributed by atoms with Crippen LogP contribution in [0.25, 0.3) is 16.8 Å². The third-order valence-corrected chi connectivity index (χ3v) is 5.63. The minimum absolute atomic E-state index is 0.135. The minimum Gasteiger partial charge on any atom is -0.467 e. The number of hydrogen-bond acceptors (Lipinski definition) is 5. The predicted octanol–water partition coefficient (Wildman–Crippen LogP) is 4.96. The van der Waals surface area contributed by atoms with Gasteiger partial charge < -0.3 is 19.5 Å². The number of nitrogen functional groups attached to an aromatic ring is 1. The van der Waals surface area contributed by atoms with Gasteiger partial charge in [0.2, 0.25) is 0 Å². The van der Waals surface area contributed by atoms with Crippen molar-refractivity contribution < 1.29 is 22.4 Å². The number of alkyl halides is 3. The summed E-state index contributed by atoms with van der Waals surface area (Å²) in [5.74, 6) is 0.487. The van der Waals surface area contributed by atoms with Crippen molar-refractivity contribution in [1.82, 2.24) is 19.3 Å². The third kappa shape index (κ3) is 3.97. The van der Waals surface area contributed by atoms with Crippen LogP contribution < -0.4 is 11.1 Å². The van der Waals surface area contributed by atoms with E-state index in [0.717, 1.165) is 24.7 Å². The van der Waals surface area contributed by atoms with E-state index in [1.54, 1.807) is 46.2 Å². The number of carbonyl (C=O) groups is 1. The van der Waals surface area contributed by atoms with Gasteiger partial charge in [-0.2, -0.15) is 13.2 Å². The Morgan fingerprint density at radius 2 is 2.06 bits per heavy atom. The largest absolute Gasteiger partial charge is 0.467 e. The number of hydrogen-bond donors (Lipinski definition) is 2. The van der Waals surface area contributed by atoms with Gasteiger partial charge in [-0.3, -0.25) is 5.32 Å². The van der Waals surface area contributed by atoms with E-state index in [0.29, 0.717) is 23.6 Å². The van der Waals surface area contributed by atoms with Crippen LogP contribution in [0.5, 0.6) is 0 Å². The first kappa shape index (κ1) is 20.9. The first-order chi connectivity index (χ1) is 15.8. The van der Waals surface area contributed by atoms with E-state index in [1.807, 2.05) is 6.07 Å². The Labute approximate surface area is 185 Å². The van der Waals surface area contributed by atoms with Crippen LogP contribution in [0.1, 0.15) is 30.2 Å². The molecule has 170 valence electrons. The van der Waals surface area contributed by atoms with Crippen LogP contribution in [-0.2, 0) is 6.18 Å². The van der Waals surface area contributed by atoms with E-state index in [4.69, 9.17) is 10.2 Å². The second-order valence-corrected chi connectivity index (χ2v) is 7.76. The molecule has 0 aromatic carbocycles. The molecule has 5 heterocycles. The maximum atomic E-state index is 13.2. The standard InChI is InChI=1S/C22H19F3N6O2/c23-22(24,25)15-9-14(10-27-20(15)26)13-5-6-19-28-18(12-30(19)11-13)29-21(32)31-7-1-3-16(31)17-4-2-8-33-17/h2,4-6,8-12,16H,1,3,7H2,(H2,26,27)(H,29,32). The number of anilines is 2. The van der Waals surface area contributed by atoms with E-state index >= 15 is 0 Å². The molecule has 3 N–H and O–H groups in total. The average molecular weight is 456 g/mol. The van der Waals surface area contributed by atoms with Gasteiger partial charge in [-0.05, 0) is 43.2 Å². The Balaban J connectivity index is 1.38. The Morgan fingerprint density at radius 1 is 1.21 bits per heavy atom. The molecule has 33 heavy (non-hydrogen) atoms. The Hall–Kier alpha value is -4.02. The lowest BCUT2D eigenvalue weighted by Crippen LogP contribution is -2.34. The van der Waals surface area contributed by atoms with Gasteiger partial charge in [0.1, 0.15) is 17.2 Å². The molecule has 1 atom stereocenters. The molecule has 0 radical (unpaired) electrons. The SMILES string of the molecule is Nc1ncc(-c2ccc3nc(NC(=O)N4CCCC4c4ccco4)cn3c2)cc1C(F)(F)F. The van der Waals surface area contributed by atoms with Gasteiger partial charge in [-0.1, -0.05) is 0 Å². The average Bonchev–Trinajstić information content (AvgIpc) is 3.52. The molecule has 11 heteroatoms. The first-order valence-electron chi connectivity index (χ1n) is 10.2. The Bertz CT molecular complexity index is 1320. The van der Waals surface area contributed by atoms with Gasteiger partial charge >= 0.3 is 12.2 Å². The van der Waals surface area contributed by atoms with Crippen LogP contribution in [0.3, 0.4) is 0 Å². The summed E-state index contributed by atoms with van der Waals surface area (Å²) in [5.41, 5.74) is 5.68. The number of halogens is 3. The van der Waals surface area contributed by atoms with Crippen LogP contribution in [0.2, 0.25) is 0 Å². The zero-order valence-corrected chi connectivity index (χ0v) is 17.2. The molecule has 4 aromatic heterocycles. The number of rotatable bonds is 3. The monoisotopic (exact) mass is 456 g/mol. The van der Waals surface area contributed by atoms with Gasteiger partial charge in [0, 0.05) is 30.1 Å². The number of likely N-dealkylation sites (tertiary alicyclic amines) is 1. The second-order valence-electron chi connectivity index (χ2n) is 7.76. The molecular weight excluding hydrogens is 437 g/mol. The van der Waals surface area contributed by atoms with Crippen molar-refractivity contribution in [2.45, 2.75) is 25.1 Å². The number of furan rings is 1. The lowest BCUT2D eigenvalue weighted by molar-refractivity contribution is -0.137. The van der Waals surface area contributed by atoms with E-state index < -0.39 is 17.6 Å². The van der Waals surface area contributed by atoms with E-state index in [-0.39, 0.29) is 17.6 Å². The lowest BCUT2D eigenvalue weighted by Gasteiger charge is -2.22. The number of amides is 2. The summed E-state index contributed by atoms with van der Waals surface area (Å²) in [7, 11) is 0. The van der Waals surface area contributed by atoms with Crippen molar-refractivity contribution in [2.75, 3.05) is 17.6 Å². The van der Waals surface area contributed by atoms with Gasteiger partial charge in [0.05, 0.1) is 24.1 Å². The maximum Gasteiger partial charge on any atom is 0.419 e. The summed E-state index contributed by atoms with van der Waals surface area (Å²) in [6, 6.07) is 7.45. The predicted molar refractivity (Wildman–Crippen MR) is 114 cm³/mol. The van der Waals surface area contributed by atoms with Crippen molar-refractivity contribution in [3.05, 3.63) is 66.5 Å². The number of carbonyl (C=O) groups excluding carboxylic acids is 1. The molecule has 1 aliphatic heterocycles. The van der Waals surface area contributed by atoms with Crippen LogP contribution in [0.15, 0.2) is 59.6 Å². The highest BCUT2D eigenvalue weighted by Gasteiger charge is 2.34. The quantitative estimate of drug-likeness (QED) is 0.454. The van der Waals surface area contributed by atoms with E-state index in [2.05, 4.69) is 15.3 Å². The molecule has 4 aromatic rings. The van der Waals surface area contributed by atoms with Crippen molar-refractivity contribution in [2.24, 2.45) is 0 Å². The summed E-state index contributed by atoms with van der Waals surface area (Å²) < 4.78 is 46.6. The van der Waals surface area contributed by atoms with Gasteiger partial charge in [0.15, 0.2) is 5.82 Å². The molecule has 1 aliphatic rings. The number of imidazole rings is 1. The van der Waals surface area contributed by atoms with Crippen LogP contribution in [0, 0.1) is 0 Å². The molecule has 0 spiro atoms. The molecule has 1 fully saturated rings. The second kappa shape index (κ2) is 7.84. The Morgan fingerprint density at radius 3 is 2.82 bits per heavy atom. The number of nitrogens with two attached hydrogens (primary N) is 1. The number of pyridine rings is 2. The normalized spacial score (nSPS) is 16.5. The molecular formula is C22H19F3N6O2. The Kier molecular flexibility index (Phi) is 4.95. The smallest absolute Gasteiger partial charge is 0.419 e. The zero-order valence-electron chi connectivity index (χ0n) is 17.2. The molecule has 2 amide bonds. The molecule has 0 bridgehead atoms. The van der Waals surface area contributed by atoms with Crippen molar-refractivity contribution in [1.29, 1.82) is 0 Å². The molecule has 1 saturated heterocycles. The topological polar surface area (TPSA) is 102 Å². The highest BCUT2D eigenvalue weighted by molar-refractivity contribution is 5.89. The van der Waals surface area contributed by atoms with Crippen LogP contribution in [0.4, 0.5) is 29.6 Å². The summed E-state index contributed by atoms with van der Waals surface area (Å²) in [6.45, 7) is 0.598. The highest BCUT2D eigenvalue weighted by Crippen LogP contribution is 2.35. The van der Waals surface area contributed by atoms with Gasteiger partial charge in [-0.25, -0.2) is 14.8 Å². The highest BCUT2D eigenvalue weighted by atomic mass is 19.4. The minimum atomic E-state index is -4.60. The van der Waals surface area contributed by atoms with E-state index in [9.17, 15) is 18.0 Å². The third-order valence-electron chi connectivity index (χ3n) is 5.63. The molecule has 1 unspecified atom stereocenters. The van der Waals surface area contributed by atoms with Crippen LogP contribution in [-0.4, -0.2) is 31.8 Å². The molecule has 0 aliphatic carbocycles. The number of nitrogens with zero attached hydrogens (tertiary/aromatic N) is 4. The van der Waals surface area contributed by atoms with Crippen molar-refractivity contribution in [3.63, 3.8) is 0 Å². The number of urea groups is 1. The van der Waals surface area contributed by atoms with Crippen molar-refractivity contribution in [3.8, 4) is 11.1 Å². The van der Waals surface area contributed by atoms with Crippen LogP contribution >= 0.6 is 0 Å². The van der Waals surface area contributed by atoms with Gasteiger partial charge in [0.25, 0.3) is 0 Å². The summed E-state index contributed by atoms with van der Waals surface area (Å²) in [4.78, 5) is 22.6. The van der Waals surface area contributed by atoms with Crippen molar-refractivity contribution >= 4 is 23.3 Å². The molecule has 5 rings (SSSR count). The summed E-state index contributed by atoms with van der Waals surface area (Å²) in [5, 5.41) is 2.80. The molecule has 0 saturated carbocycles. The fraction of sp³-hybridized carbons (Fsp3) is 0.227. The molecule has 8 nitrogen and oxygen atoms in total. The number of fused-ring (bicyclic) bond motifs is 1. The number of nitrogens with one attached hydrogen (secondary N) is 1. The number of aromatic nitrogens is 3. The lowest BCUT2D eigenvalue weighted by atomic mass is 10.1. The van der Waals surface area contributed by atoms with E-state index in [1.165, 1.54) is 6.20 Å². The first-order valence-corrected chi connectivity index (χ1v) is 10.2. The van der Waals surface area contributed by atoms with Gasteiger partial charge in [-0.15, -0.1) is 0 Å². The fourth-order valence-corrected chi connectivity index (χ4v) is 4.05. The summed E-state index contributed by atoms with van der Waals surface area (Å²) >= 11 is 0. The fourth-order valence-electron chi connectivity index (χ4n) is 4.05.